The molecule has 4 heteroatoms. The Morgan fingerprint density at radius 3 is 2.54 bits per heavy atom. The SMILES string of the molecule is CCCCC(=O)OCC(=O)C(C)O. The van der Waals surface area contributed by atoms with Crippen LogP contribution in [-0.2, 0) is 14.3 Å². The molecule has 0 radical (unpaired) electrons. The summed E-state index contributed by atoms with van der Waals surface area (Å²) in [5, 5.41) is 8.77. The average Bonchev–Trinajstić information content (AvgIpc) is 2.10. The fraction of sp³-hybridized carbons (Fsp3) is 0.778. The van der Waals surface area contributed by atoms with E-state index < -0.39 is 11.9 Å². The first-order valence-corrected chi connectivity index (χ1v) is 4.44. The fourth-order valence-corrected chi connectivity index (χ4v) is 0.666. The van der Waals surface area contributed by atoms with Crippen LogP contribution in [0.15, 0.2) is 0 Å². The molecule has 0 saturated heterocycles. The number of aliphatic hydroxyl groups is 1. The molecule has 0 fully saturated rings. The van der Waals surface area contributed by atoms with Crippen LogP contribution >= 0.6 is 0 Å². The number of carbonyl (C=O) groups is 2. The summed E-state index contributed by atoms with van der Waals surface area (Å²) in [6.45, 7) is 3.00. The van der Waals surface area contributed by atoms with E-state index in [2.05, 4.69) is 4.74 Å². The number of unbranched alkanes of at least 4 members (excludes halogenated alkanes) is 1. The summed E-state index contributed by atoms with van der Waals surface area (Å²) in [7, 11) is 0. The van der Waals surface area contributed by atoms with Gasteiger partial charge in [0.25, 0.3) is 0 Å². The normalized spacial score (nSPS) is 12.2. The summed E-state index contributed by atoms with van der Waals surface area (Å²) >= 11 is 0. The predicted molar refractivity (Wildman–Crippen MR) is 47.2 cm³/mol. The zero-order valence-corrected chi connectivity index (χ0v) is 8.08. The van der Waals surface area contributed by atoms with Crippen LogP contribution in [0.5, 0.6) is 0 Å². The minimum atomic E-state index is -1.06. The van der Waals surface area contributed by atoms with E-state index in [9.17, 15) is 9.59 Å². The summed E-state index contributed by atoms with van der Waals surface area (Å²) in [4.78, 5) is 21.7. The minimum Gasteiger partial charge on any atom is -0.458 e. The maximum Gasteiger partial charge on any atom is 0.306 e. The molecule has 0 aromatic heterocycles. The Hall–Kier alpha value is -0.900. The third kappa shape index (κ3) is 6.28. The van der Waals surface area contributed by atoms with Gasteiger partial charge in [-0.2, -0.15) is 0 Å². The van der Waals surface area contributed by atoms with E-state index in [1.807, 2.05) is 6.92 Å². The summed E-state index contributed by atoms with van der Waals surface area (Å²) in [5.41, 5.74) is 0. The molecular formula is C9H16O4. The van der Waals surface area contributed by atoms with Crippen molar-refractivity contribution in [3.63, 3.8) is 0 Å². The van der Waals surface area contributed by atoms with Gasteiger partial charge in [0.05, 0.1) is 0 Å². The number of esters is 1. The van der Waals surface area contributed by atoms with Crippen LogP contribution in [0.2, 0.25) is 0 Å². The van der Waals surface area contributed by atoms with Crippen molar-refractivity contribution in [2.75, 3.05) is 6.61 Å². The van der Waals surface area contributed by atoms with Crippen molar-refractivity contribution in [2.45, 2.75) is 39.2 Å². The molecule has 4 nitrogen and oxygen atoms in total. The Balaban J connectivity index is 3.52. The number of hydrogen-bond acceptors (Lipinski definition) is 4. The lowest BCUT2D eigenvalue weighted by molar-refractivity contribution is -0.150. The molecule has 1 N–H and O–H groups in total. The molecule has 0 spiro atoms. The highest BCUT2D eigenvalue weighted by Gasteiger charge is 2.11. The Kier molecular flexibility index (Phi) is 6.14. The number of hydrogen-bond donors (Lipinski definition) is 1. The van der Waals surface area contributed by atoms with Gasteiger partial charge in [-0.3, -0.25) is 9.59 Å². The Labute approximate surface area is 77.9 Å². The predicted octanol–water partition coefficient (Wildman–Crippen LogP) is 0.670. The van der Waals surface area contributed by atoms with Gasteiger partial charge in [-0.1, -0.05) is 13.3 Å². The van der Waals surface area contributed by atoms with Gasteiger partial charge in [0.1, 0.15) is 6.10 Å². The van der Waals surface area contributed by atoms with Gasteiger partial charge < -0.3 is 9.84 Å². The highest BCUT2D eigenvalue weighted by Crippen LogP contribution is 1.96. The van der Waals surface area contributed by atoms with Crippen molar-refractivity contribution in [3.8, 4) is 0 Å². The summed E-state index contributed by atoms with van der Waals surface area (Å²) < 4.78 is 4.62. The van der Waals surface area contributed by atoms with Gasteiger partial charge >= 0.3 is 5.97 Å². The number of aliphatic hydroxyl groups excluding tert-OH is 1. The van der Waals surface area contributed by atoms with E-state index in [1.165, 1.54) is 6.92 Å². The van der Waals surface area contributed by atoms with Gasteiger partial charge in [0.2, 0.25) is 0 Å². The van der Waals surface area contributed by atoms with Crippen LogP contribution in [0.1, 0.15) is 33.1 Å². The van der Waals surface area contributed by atoms with Crippen LogP contribution in [0, 0.1) is 0 Å². The van der Waals surface area contributed by atoms with E-state index in [1.54, 1.807) is 0 Å². The maximum atomic E-state index is 10.9. The maximum absolute atomic E-state index is 10.9. The van der Waals surface area contributed by atoms with Crippen LogP contribution < -0.4 is 0 Å². The lowest BCUT2D eigenvalue weighted by atomic mass is 10.2. The third-order valence-corrected chi connectivity index (χ3v) is 1.58. The summed E-state index contributed by atoms with van der Waals surface area (Å²) in [6.07, 6.45) is 0.962. The summed E-state index contributed by atoms with van der Waals surface area (Å²) in [5.74, 6) is -0.847. The molecule has 0 aromatic rings. The van der Waals surface area contributed by atoms with E-state index >= 15 is 0 Å². The zero-order chi connectivity index (χ0) is 10.3. The zero-order valence-electron chi connectivity index (χ0n) is 8.08. The van der Waals surface area contributed by atoms with Crippen molar-refractivity contribution >= 4 is 11.8 Å². The molecule has 0 heterocycles. The number of rotatable bonds is 6. The van der Waals surface area contributed by atoms with Gasteiger partial charge in [-0.05, 0) is 13.3 Å². The largest absolute Gasteiger partial charge is 0.458 e. The molecule has 1 unspecified atom stereocenters. The van der Waals surface area contributed by atoms with Gasteiger partial charge in [0.15, 0.2) is 12.4 Å². The monoisotopic (exact) mass is 188 g/mol. The average molecular weight is 188 g/mol. The van der Waals surface area contributed by atoms with E-state index in [4.69, 9.17) is 5.11 Å². The van der Waals surface area contributed by atoms with Gasteiger partial charge in [0, 0.05) is 6.42 Å². The highest BCUT2D eigenvalue weighted by molar-refractivity contribution is 5.85. The molecule has 0 aliphatic carbocycles. The molecule has 13 heavy (non-hydrogen) atoms. The molecule has 1 atom stereocenters. The Morgan fingerprint density at radius 2 is 2.08 bits per heavy atom. The van der Waals surface area contributed by atoms with Crippen LogP contribution in [0.3, 0.4) is 0 Å². The van der Waals surface area contributed by atoms with E-state index in [0.717, 1.165) is 12.8 Å². The lowest BCUT2D eigenvalue weighted by Crippen LogP contribution is -2.23. The molecule has 0 rings (SSSR count). The molecule has 0 aromatic carbocycles. The van der Waals surface area contributed by atoms with Crippen molar-refractivity contribution in [2.24, 2.45) is 0 Å². The van der Waals surface area contributed by atoms with Crippen molar-refractivity contribution < 1.29 is 19.4 Å². The Morgan fingerprint density at radius 1 is 1.46 bits per heavy atom. The first-order valence-electron chi connectivity index (χ1n) is 4.44. The number of ketones is 1. The Bertz CT molecular complexity index is 174. The van der Waals surface area contributed by atoms with Crippen molar-refractivity contribution in [1.29, 1.82) is 0 Å². The molecule has 0 amide bonds. The topological polar surface area (TPSA) is 63.6 Å². The number of carbonyl (C=O) groups excluding carboxylic acids is 2. The smallest absolute Gasteiger partial charge is 0.306 e. The first kappa shape index (κ1) is 12.1. The van der Waals surface area contributed by atoms with Gasteiger partial charge in [-0.15, -0.1) is 0 Å². The second-order valence-electron chi connectivity index (χ2n) is 2.91. The molecular weight excluding hydrogens is 172 g/mol. The first-order chi connectivity index (χ1) is 6.07. The van der Waals surface area contributed by atoms with Crippen molar-refractivity contribution in [1.82, 2.24) is 0 Å². The van der Waals surface area contributed by atoms with Crippen LogP contribution in [0.4, 0.5) is 0 Å². The molecule has 76 valence electrons. The van der Waals surface area contributed by atoms with Gasteiger partial charge in [-0.25, -0.2) is 0 Å². The molecule has 0 aliphatic heterocycles. The third-order valence-electron chi connectivity index (χ3n) is 1.58. The molecule has 0 saturated carbocycles. The lowest BCUT2D eigenvalue weighted by Gasteiger charge is -2.04. The number of Topliss-reactive ketones (excluding diaryl/α,β-unsaturated/α-hetero) is 1. The minimum absolute atomic E-state index is 0.319. The molecule has 0 bridgehead atoms. The van der Waals surface area contributed by atoms with E-state index in [-0.39, 0.29) is 12.6 Å². The molecule has 0 aliphatic rings. The number of ether oxygens (including phenoxy) is 1. The highest BCUT2D eigenvalue weighted by atomic mass is 16.5. The fourth-order valence-electron chi connectivity index (χ4n) is 0.666. The standard InChI is InChI=1S/C9H16O4/c1-3-4-5-9(12)13-6-8(11)7(2)10/h7,10H,3-6H2,1-2H3. The second kappa shape index (κ2) is 6.60. The van der Waals surface area contributed by atoms with E-state index in [0.29, 0.717) is 6.42 Å². The second-order valence-corrected chi connectivity index (χ2v) is 2.91. The van der Waals surface area contributed by atoms with Crippen LogP contribution in [0.25, 0.3) is 0 Å². The quantitative estimate of drug-likeness (QED) is 0.622. The summed E-state index contributed by atoms with van der Waals surface area (Å²) in [6, 6.07) is 0. The van der Waals surface area contributed by atoms with Crippen LogP contribution in [-0.4, -0.2) is 29.6 Å². The van der Waals surface area contributed by atoms with Crippen molar-refractivity contribution in [3.05, 3.63) is 0 Å².